The molecule has 1 fully saturated rings. The van der Waals surface area contributed by atoms with Crippen molar-refractivity contribution < 1.29 is 14.3 Å². The van der Waals surface area contributed by atoms with Crippen LogP contribution in [0.2, 0.25) is 0 Å². The van der Waals surface area contributed by atoms with Crippen LogP contribution >= 0.6 is 0 Å². The molecule has 27 heavy (non-hydrogen) atoms. The number of benzene rings is 2. The predicted molar refractivity (Wildman–Crippen MR) is 107 cm³/mol. The first-order chi connectivity index (χ1) is 13.1. The van der Waals surface area contributed by atoms with Gasteiger partial charge < -0.3 is 14.8 Å². The van der Waals surface area contributed by atoms with Crippen molar-refractivity contribution in [3.05, 3.63) is 54.1 Å². The van der Waals surface area contributed by atoms with E-state index in [0.29, 0.717) is 12.5 Å². The zero-order chi connectivity index (χ0) is 19.2. The van der Waals surface area contributed by atoms with E-state index in [9.17, 15) is 4.79 Å². The lowest BCUT2D eigenvalue weighted by atomic mass is 10.0. The molecule has 0 saturated heterocycles. The molecule has 5 heteroatoms. The van der Waals surface area contributed by atoms with Crippen LogP contribution in [0.25, 0.3) is 0 Å². The van der Waals surface area contributed by atoms with E-state index in [1.165, 1.54) is 18.4 Å². The molecule has 1 amide bonds. The SMILES string of the molecule is CCOc1ccc(NC(=O)C(C)NC(c2ccc(OC)cc2)C2CC2)cc1. The van der Waals surface area contributed by atoms with Crippen LogP contribution in [-0.4, -0.2) is 25.7 Å². The van der Waals surface area contributed by atoms with Gasteiger partial charge in [0.1, 0.15) is 11.5 Å². The molecule has 1 aliphatic carbocycles. The first kappa shape index (κ1) is 19.2. The van der Waals surface area contributed by atoms with Gasteiger partial charge in [-0.15, -0.1) is 0 Å². The fourth-order valence-corrected chi connectivity index (χ4v) is 3.14. The molecule has 1 saturated carbocycles. The second kappa shape index (κ2) is 8.91. The Balaban J connectivity index is 1.61. The average Bonchev–Trinajstić information content (AvgIpc) is 3.53. The van der Waals surface area contributed by atoms with Gasteiger partial charge in [0.05, 0.1) is 19.8 Å². The minimum absolute atomic E-state index is 0.0432. The summed E-state index contributed by atoms with van der Waals surface area (Å²) in [5.41, 5.74) is 1.96. The smallest absolute Gasteiger partial charge is 0.241 e. The summed E-state index contributed by atoms with van der Waals surface area (Å²) in [4.78, 5) is 12.6. The minimum Gasteiger partial charge on any atom is -0.497 e. The number of hydrogen-bond donors (Lipinski definition) is 2. The Hall–Kier alpha value is -2.53. The number of carbonyl (C=O) groups is 1. The highest BCUT2D eigenvalue weighted by molar-refractivity contribution is 5.94. The van der Waals surface area contributed by atoms with Gasteiger partial charge in [-0.3, -0.25) is 10.1 Å². The van der Waals surface area contributed by atoms with E-state index in [-0.39, 0.29) is 18.0 Å². The third kappa shape index (κ3) is 5.23. The average molecular weight is 368 g/mol. The Kier molecular flexibility index (Phi) is 6.35. The maximum absolute atomic E-state index is 12.6. The van der Waals surface area contributed by atoms with Crippen molar-refractivity contribution in [1.82, 2.24) is 5.32 Å². The summed E-state index contributed by atoms with van der Waals surface area (Å²) in [6, 6.07) is 15.4. The van der Waals surface area contributed by atoms with Crippen LogP contribution in [0.5, 0.6) is 11.5 Å². The molecule has 0 aromatic heterocycles. The third-order valence-corrected chi connectivity index (χ3v) is 4.82. The standard InChI is InChI=1S/C22H28N2O3/c1-4-27-20-13-9-18(10-14-20)24-22(25)15(2)23-21(16-5-6-16)17-7-11-19(26-3)12-8-17/h7-16,21,23H,4-6H2,1-3H3,(H,24,25). The molecule has 0 bridgehead atoms. The predicted octanol–water partition coefficient (Wildman–Crippen LogP) is 4.16. The first-order valence-corrected chi connectivity index (χ1v) is 9.54. The Morgan fingerprint density at radius 1 is 1.07 bits per heavy atom. The molecule has 2 aromatic carbocycles. The summed E-state index contributed by atoms with van der Waals surface area (Å²) in [5, 5.41) is 6.48. The van der Waals surface area contributed by atoms with Gasteiger partial charge in [-0.2, -0.15) is 0 Å². The summed E-state index contributed by atoms with van der Waals surface area (Å²) in [7, 11) is 1.67. The maximum Gasteiger partial charge on any atom is 0.241 e. The molecule has 5 nitrogen and oxygen atoms in total. The quantitative estimate of drug-likeness (QED) is 0.698. The van der Waals surface area contributed by atoms with Crippen LogP contribution in [0, 0.1) is 5.92 Å². The van der Waals surface area contributed by atoms with Crippen LogP contribution < -0.4 is 20.1 Å². The van der Waals surface area contributed by atoms with E-state index in [2.05, 4.69) is 22.8 Å². The number of amides is 1. The van der Waals surface area contributed by atoms with Crippen LogP contribution in [-0.2, 0) is 4.79 Å². The van der Waals surface area contributed by atoms with Crippen LogP contribution in [0.4, 0.5) is 5.69 Å². The monoisotopic (exact) mass is 368 g/mol. The fourth-order valence-electron chi connectivity index (χ4n) is 3.14. The molecule has 144 valence electrons. The number of ether oxygens (including phenoxy) is 2. The van der Waals surface area contributed by atoms with E-state index in [1.54, 1.807) is 7.11 Å². The van der Waals surface area contributed by atoms with Crippen molar-refractivity contribution in [2.45, 2.75) is 38.8 Å². The fraction of sp³-hybridized carbons (Fsp3) is 0.409. The van der Waals surface area contributed by atoms with Crippen molar-refractivity contribution in [3.8, 4) is 11.5 Å². The van der Waals surface area contributed by atoms with Gasteiger partial charge >= 0.3 is 0 Å². The largest absolute Gasteiger partial charge is 0.497 e. The molecule has 2 N–H and O–H groups in total. The molecular formula is C22H28N2O3. The lowest BCUT2D eigenvalue weighted by molar-refractivity contribution is -0.118. The molecule has 0 aliphatic heterocycles. The first-order valence-electron chi connectivity index (χ1n) is 9.54. The van der Waals surface area contributed by atoms with Crippen molar-refractivity contribution in [3.63, 3.8) is 0 Å². The lowest BCUT2D eigenvalue weighted by Crippen LogP contribution is -2.40. The lowest BCUT2D eigenvalue weighted by Gasteiger charge is -2.23. The number of anilines is 1. The zero-order valence-corrected chi connectivity index (χ0v) is 16.2. The second-order valence-corrected chi connectivity index (χ2v) is 6.92. The van der Waals surface area contributed by atoms with E-state index in [1.807, 2.05) is 50.2 Å². The molecule has 1 aliphatic rings. The number of carbonyl (C=O) groups excluding carboxylic acids is 1. The molecule has 0 radical (unpaired) electrons. The molecule has 0 heterocycles. The maximum atomic E-state index is 12.6. The minimum atomic E-state index is -0.302. The number of methoxy groups -OCH3 is 1. The highest BCUT2D eigenvalue weighted by Crippen LogP contribution is 2.41. The number of rotatable bonds is 9. The third-order valence-electron chi connectivity index (χ3n) is 4.82. The van der Waals surface area contributed by atoms with Crippen molar-refractivity contribution in [2.75, 3.05) is 19.0 Å². The van der Waals surface area contributed by atoms with E-state index in [4.69, 9.17) is 9.47 Å². The van der Waals surface area contributed by atoms with Gasteiger partial charge in [0.2, 0.25) is 5.91 Å². The topological polar surface area (TPSA) is 59.6 Å². The van der Waals surface area contributed by atoms with E-state index < -0.39 is 0 Å². The van der Waals surface area contributed by atoms with Crippen LogP contribution in [0.3, 0.4) is 0 Å². The van der Waals surface area contributed by atoms with Crippen molar-refractivity contribution in [1.29, 1.82) is 0 Å². The Labute approximate surface area is 161 Å². The molecule has 0 spiro atoms. The zero-order valence-electron chi connectivity index (χ0n) is 16.2. The molecule has 2 atom stereocenters. The highest BCUT2D eigenvalue weighted by Gasteiger charge is 2.34. The highest BCUT2D eigenvalue weighted by atomic mass is 16.5. The Morgan fingerprint density at radius 3 is 2.26 bits per heavy atom. The normalized spacial score (nSPS) is 15.7. The summed E-state index contributed by atoms with van der Waals surface area (Å²) >= 11 is 0. The van der Waals surface area contributed by atoms with Gasteiger partial charge in [-0.05, 0) is 74.6 Å². The summed E-state index contributed by atoms with van der Waals surface area (Å²) in [6.45, 7) is 4.48. The number of nitrogens with one attached hydrogen (secondary N) is 2. The summed E-state index contributed by atoms with van der Waals surface area (Å²) < 4.78 is 10.7. The van der Waals surface area contributed by atoms with Gasteiger partial charge in [-0.25, -0.2) is 0 Å². The van der Waals surface area contributed by atoms with Crippen LogP contribution in [0.1, 0.15) is 38.3 Å². The van der Waals surface area contributed by atoms with E-state index in [0.717, 1.165) is 17.2 Å². The van der Waals surface area contributed by atoms with Crippen LogP contribution in [0.15, 0.2) is 48.5 Å². The molecule has 2 unspecified atom stereocenters. The van der Waals surface area contributed by atoms with Crippen molar-refractivity contribution >= 4 is 11.6 Å². The van der Waals surface area contributed by atoms with Gasteiger partial charge in [0, 0.05) is 11.7 Å². The van der Waals surface area contributed by atoms with Gasteiger partial charge in [-0.1, -0.05) is 12.1 Å². The Morgan fingerprint density at radius 2 is 1.70 bits per heavy atom. The Bertz CT molecular complexity index is 739. The molecule has 3 rings (SSSR count). The second-order valence-electron chi connectivity index (χ2n) is 6.92. The molecule has 2 aromatic rings. The van der Waals surface area contributed by atoms with Gasteiger partial charge in [0.15, 0.2) is 0 Å². The summed E-state index contributed by atoms with van der Waals surface area (Å²) in [6.07, 6.45) is 2.38. The van der Waals surface area contributed by atoms with Gasteiger partial charge in [0.25, 0.3) is 0 Å². The summed E-state index contributed by atoms with van der Waals surface area (Å²) in [5.74, 6) is 2.18. The number of hydrogen-bond acceptors (Lipinski definition) is 4. The van der Waals surface area contributed by atoms with Crippen molar-refractivity contribution in [2.24, 2.45) is 5.92 Å². The van der Waals surface area contributed by atoms with E-state index >= 15 is 0 Å². The molecular weight excluding hydrogens is 340 g/mol.